The van der Waals surface area contributed by atoms with Crippen molar-refractivity contribution in [2.75, 3.05) is 7.11 Å². The van der Waals surface area contributed by atoms with Gasteiger partial charge >= 0.3 is 0 Å². The summed E-state index contributed by atoms with van der Waals surface area (Å²) in [7, 11) is 1.67. The van der Waals surface area contributed by atoms with Crippen LogP contribution in [0, 0.1) is 0 Å². The molecule has 1 atom stereocenters. The van der Waals surface area contributed by atoms with E-state index in [-0.39, 0.29) is 6.10 Å². The van der Waals surface area contributed by atoms with Gasteiger partial charge in [-0.2, -0.15) is 0 Å². The summed E-state index contributed by atoms with van der Waals surface area (Å²) < 4.78 is 4.97. The summed E-state index contributed by atoms with van der Waals surface area (Å²) >= 11 is 0. The molecule has 1 N–H and O–H groups in total. The van der Waals surface area contributed by atoms with Crippen LogP contribution in [0.3, 0.4) is 0 Å². The summed E-state index contributed by atoms with van der Waals surface area (Å²) in [5.74, 6) is 0. The van der Waals surface area contributed by atoms with Crippen LogP contribution < -0.4 is 0 Å². The average Bonchev–Trinajstić information content (AvgIpc) is 2.06. The van der Waals surface area contributed by atoms with Crippen LogP contribution in [-0.4, -0.2) is 12.2 Å². The number of benzene rings is 1. The summed E-state index contributed by atoms with van der Waals surface area (Å²) in [5.41, 5.74) is 2.07. The topological polar surface area (TPSA) is 29.5 Å². The number of aliphatic hydroxyl groups is 1. The van der Waals surface area contributed by atoms with E-state index in [4.69, 9.17) is 4.74 Å². The molecule has 0 bridgehead atoms. The Morgan fingerprint density at radius 1 is 1.33 bits per heavy atom. The lowest BCUT2D eigenvalue weighted by Crippen LogP contribution is -1.92. The van der Waals surface area contributed by atoms with Gasteiger partial charge in [-0.1, -0.05) is 24.3 Å². The minimum absolute atomic E-state index is 0.387. The van der Waals surface area contributed by atoms with E-state index in [1.165, 1.54) is 0 Å². The van der Waals surface area contributed by atoms with E-state index in [1.54, 1.807) is 14.0 Å². The second-order valence-electron chi connectivity index (χ2n) is 2.85. The smallest absolute Gasteiger partial charge is 0.0761 e. The number of hydrogen-bond donors (Lipinski definition) is 1. The first-order chi connectivity index (χ1) is 5.74. The van der Waals surface area contributed by atoms with Crippen LogP contribution >= 0.6 is 0 Å². The molecular weight excluding hydrogens is 152 g/mol. The Morgan fingerprint density at radius 2 is 1.92 bits per heavy atom. The highest BCUT2D eigenvalue weighted by atomic mass is 16.5. The van der Waals surface area contributed by atoms with Gasteiger partial charge in [-0.05, 0) is 18.1 Å². The second kappa shape index (κ2) is 4.24. The van der Waals surface area contributed by atoms with Crippen LogP contribution in [-0.2, 0) is 11.3 Å². The van der Waals surface area contributed by atoms with Gasteiger partial charge < -0.3 is 9.84 Å². The third-order valence-corrected chi connectivity index (χ3v) is 1.77. The van der Waals surface area contributed by atoms with Gasteiger partial charge in [0, 0.05) is 7.11 Å². The van der Waals surface area contributed by atoms with Crippen LogP contribution in [0.25, 0.3) is 0 Å². The Balaban J connectivity index is 2.71. The number of aliphatic hydroxyl groups excluding tert-OH is 1. The number of methoxy groups -OCH3 is 1. The standard InChI is InChI=1S/C10H14O2/c1-8(11)10-5-3-9(4-6-10)7-12-2/h3-6,8,11H,7H2,1-2H3/t8-/m1/s1. The van der Waals surface area contributed by atoms with Crippen molar-refractivity contribution >= 4 is 0 Å². The normalized spacial score (nSPS) is 12.9. The van der Waals surface area contributed by atoms with Crippen LogP contribution in [0.5, 0.6) is 0 Å². The van der Waals surface area contributed by atoms with Crippen molar-refractivity contribution in [3.63, 3.8) is 0 Å². The molecule has 0 saturated heterocycles. The highest BCUT2D eigenvalue weighted by Gasteiger charge is 1.99. The molecule has 2 heteroatoms. The molecule has 0 saturated carbocycles. The van der Waals surface area contributed by atoms with Crippen molar-refractivity contribution in [2.45, 2.75) is 19.6 Å². The molecule has 66 valence electrons. The minimum Gasteiger partial charge on any atom is -0.389 e. The van der Waals surface area contributed by atoms with E-state index in [0.717, 1.165) is 11.1 Å². The summed E-state index contributed by atoms with van der Waals surface area (Å²) in [5, 5.41) is 9.21. The van der Waals surface area contributed by atoms with E-state index in [0.29, 0.717) is 6.61 Å². The number of ether oxygens (including phenoxy) is 1. The van der Waals surface area contributed by atoms with Crippen molar-refractivity contribution in [2.24, 2.45) is 0 Å². The first-order valence-corrected chi connectivity index (χ1v) is 4.00. The highest BCUT2D eigenvalue weighted by Crippen LogP contribution is 2.12. The van der Waals surface area contributed by atoms with Crippen molar-refractivity contribution < 1.29 is 9.84 Å². The molecule has 0 amide bonds. The molecule has 0 aromatic heterocycles. The predicted octanol–water partition coefficient (Wildman–Crippen LogP) is 1.89. The van der Waals surface area contributed by atoms with Gasteiger partial charge in [0.1, 0.15) is 0 Å². The maximum Gasteiger partial charge on any atom is 0.0761 e. The Hall–Kier alpha value is -0.860. The van der Waals surface area contributed by atoms with E-state index in [2.05, 4.69) is 0 Å². The monoisotopic (exact) mass is 166 g/mol. The zero-order valence-electron chi connectivity index (χ0n) is 7.45. The maximum absolute atomic E-state index is 9.21. The molecule has 0 aliphatic heterocycles. The third kappa shape index (κ3) is 2.32. The van der Waals surface area contributed by atoms with Crippen LogP contribution in [0.4, 0.5) is 0 Å². The fraction of sp³-hybridized carbons (Fsp3) is 0.400. The van der Waals surface area contributed by atoms with E-state index < -0.39 is 0 Å². The van der Waals surface area contributed by atoms with Crippen molar-refractivity contribution in [1.29, 1.82) is 0 Å². The average molecular weight is 166 g/mol. The fourth-order valence-electron chi connectivity index (χ4n) is 1.06. The lowest BCUT2D eigenvalue weighted by Gasteiger charge is -2.05. The highest BCUT2D eigenvalue weighted by molar-refractivity contribution is 5.23. The van der Waals surface area contributed by atoms with Crippen LogP contribution in [0.15, 0.2) is 24.3 Å². The Kier molecular flexibility index (Phi) is 3.26. The maximum atomic E-state index is 9.21. The predicted molar refractivity (Wildman–Crippen MR) is 47.8 cm³/mol. The molecule has 2 nitrogen and oxygen atoms in total. The zero-order valence-corrected chi connectivity index (χ0v) is 7.45. The van der Waals surface area contributed by atoms with Crippen molar-refractivity contribution in [3.05, 3.63) is 35.4 Å². The SMILES string of the molecule is COCc1ccc([C@@H](C)O)cc1. The Labute approximate surface area is 72.8 Å². The van der Waals surface area contributed by atoms with E-state index >= 15 is 0 Å². The third-order valence-electron chi connectivity index (χ3n) is 1.77. The number of hydrogen-bond acceptors (Lipinski definition) is 2. The molecule has 0 aliphatic rings. The summed E-state index contributed by atoms with van der Waals surface area (Å²) in [6, 6.07) is 7.76. The molecule has 1 aromatic carbocycles. The summed E-state index contributed by atoms with van der Waals surface area (Å²) in [6.07, 6.45) is -0.387. The van der Waals surface area contributed by atoms with Crippen molar-refractivity contribution in [1.82, 2.24) is 0 Å². The molecule has 12 heavy (non-hydrogen) atoms. The first-order valence-electron chi connectivity index (χ1n) is 4.00. The number of rotatable bonds is 3. The summed E-state index contributed by atoms with van der Waals surface area (Å²) in [6.45, 7) is 2.38. The molecule has 1 aromatic rings. The molecule has 0 heterocycles. The van der Waals surface area contributed by atoms with Gasteiger partial charge in [-0.15, -0.1) is 0 Å². The quantitative estimate of drug-likeness (QED) is 0.743. The van der Waals surface area contributed by atoms with Crippen LogP contribution in [0.2, 0.25) is 0 Å². The van der Waals surface area contributed by atoms with Gasteiger partial charge in [0.15, 0.2) is 0 Å². The lowest BCUT2D eigenvalue weighted by atomic mass is 10.1. The van der Waals surface area contributed by atoms with Gasteiger partial charge in [0.05, 0.1) is 12.7 Å². The van der Waals surface area contributed by atoms with Gasteiger partial charge in [-0.25, -0.2) is 0 Å². The Bertz CT molecular complexity index is 226. The molecule has 1 rings (SSSR count). The molecule has 0 spiro atoms. The summed E-state index contributed by atoms with van der Waals surface area (Å²) in [4.78, 5) is 0. The van der Waals surface area contributed by atoms with Gasteiger partial charge in [0.2, 0.25) is 0 Å². The molecule has 0 aliphatic carbocycles. The van der Waals surface area contributed by atoms with Gasteiger partial charge in [0.25, 0.3) is 0 Å². The Morgan fingerprint density at radius 3 is 2.33 bits per heavy atom. The molecule has 0 radical (unpaired) electrons. The van der Waals surface area contributed by atoms with Gasteiger partial charge in [-0.3, -0.25) is 0 Å². The van der Waals surface area contributed by atoms with Crippen LogP contribution in [0.1, 0.15) is 24.2 Å². The largest absolute Gasteiger partial charge is 0.389 e. The van der Waals surface area contributed by atoms with E-state index in [1.807, 2.05) is 24.3 Å². The van der Waals surface area contributed by atoms with E-state index in [9.17, 15) is 5.11 Å². The molecular formula is C10H14O2. The van der Waals surface area contributed by atoms with Crippen molar-refractivity contribution in [3.8, 4) is 0 Å². The minimum atomic E-state index is -0.387. The fourth-order valence-corrected chi connectivity index (χ4v) is 1.06. The zero-order chi connectivity index (χ0) is 8.97. The second-order valence-corrected chi connectivity index (χ2v) is 2.85. The molecule has 0 unspecified atom stereocenters. The molecule has 0 fully saturated rings. The lowest BCUT2D eigenvalue weighted by molar-refractivity contribution is 0.184. The first kappa shape index (κ1) is 9.23.